The molecule has 2 fully saturated rings. The molecule has 0 aliphatic carbocycles. The predicted octanol–water partition coefficient (Wildman–Crippen LogP) is 3.02. The van der Waals surface area contributed by atoms with E-state index in [1.165, 1.54) is 0 Å². The number of imidazole rings is 1. The number of carbonyl (C=O) groups excluding carboxylic acids is 2. The van der Waals surface area contributed by atoms with E-state index in [-0.39, 0.29) is 23.8 Å². The fraction of sp³-hybridized carbons (Fsp3) is 0.259. The summed E-state index contributed by atoms with van der Waals surface area (Å²) < 4.78 is 1.96. The lowest BCUT2D eigenvalue weighted by Crippen LogP contribution is -2.43. The van der Waals surface area contributed by atoms with E-state index in [2.05, 4.69) is 32.1 Å². The van der Waals surface area contributed by atoms with E-state index in [4.69, 9.17) is 10.7 Å². The van der Waals surface area contributed by atoms with Crippen molar-refractivity contribution in [2.75, 3.05) is 11.1 Å². The van der Waals surface area contributed by atoms with Crippen LogP contribution in [0.5, 0.6) is 0 Å². The maximum atomic E-state index is 13.0. The van der Waals surface area contributed by atoms with Crippen molar-refractivity contribution in [1.29, 1.82) is 0 Å². The second-order valence-electron chi connectivity index (χ2n) is 9.23. The third-order valence-corrected chi connectivity index (χ3v) is 7.27. The molecule has 2 saturated heterocycles. The minimum absolute atomic E-state index is 0.162. The van der Waals surface area contributed by atoms with Crippen molar-refractivity contribution in [3.63, 3.8) is 0 Å². The van der Waals surface area contributed by atoms with Crippen molar-refractivity contribution in [2.45, 2.75) is 44.2 Å². The lowest BCUT2D eigenvalue weighted by molar-refractivity contribution is -0.129. The number of hydrogen-bond acceptors (Lipinski definition) is 7. The molecule has 10 nitrogen and oxygen atoms in total. The van der Waals surface area contributed by atoms with Gasteiger partial charge in [-0.25, -0.2) is 19.9 Å². The van der Waals surface area contributed by atoms with Gasteiger partial charge in [0.25, 0.3) is 11.8 Å². The number of nitrogen functional groups attached to an aromatic ring is 1. The first-order valence-electron chi connectivity index (χ1n) is 12.1. The molecule has 3 N–H and O–H groups in total. The molecule has 0 unspecified atom stereocenters. The largest absolute Gasteiger partial charge is 0.382 e. The number of nitrogens with zero attached hydrogens (tertiary/aromatic N) is 6. The van der Waals surface area contributed by atoms with Crippen LogP contribution in [0.25, 0.3) is 16.8 Å². The maximum absolute atomic E-state index is 13.0. The van der Waals surface area contributed by atoms with Crippen molar-refractivity contribution in [3.05, 3.63) is 66.5 Å². The summed E-state index contributed by atoms with van der Waals surface area (Å²) in [6.07, 6.45) is 10.1. The van der Waals surface area contributed by atoms with Crippen LogP contribution in [-0.4, -0.2) is 47.1 Å². The Bertz CT molecular complexity index is 1580. The summed E-state index contributed by atoms with van der Waals surface area (Å²) in [5.41, 5.74) is 8.37. The molecule has 2 bridgehead atoms. The highest BCUT2D eigenvalue weighted by Gasteiger charge is 2.57. The van der Waals surface area contributed by atoms with Gasteiger partial charge in [0.1, 0.15) is 28.4 Å². The zero-order valence-electron chi connectivity index (χ0n) is 20.2. The van der Waals surface area contributed by atoms with Crippen LogP contribution in [0.3, 0.4) is 0 Å². The minimum atomic E-state index is -0.546. The number of nitrogens with one attached hydrogen (secondary N) is 1. The van der Waals surface area contributed by atoms with Crippen LogP contribution in [0.4, 0.5) is 11.8 Å². The highest BCUT2D eigenvalue weighted by molar-refractivity contribution is 6.03. The van der Waals surface area contributed by atoms with E-state index in [0.29, 0.717) is 22.6 Å². The van der Waals surface area contributed by atoms with E-state index in [0.717, 1.165) is 37.1 Å². The summed E-state index contributed by atoms with van der Waals surface area (Å²) in [4.78, 5) is 45.1. The molecule has 6 rings (SSSR count). The van der Waals surface area contributed by atoms with Crippen LogP contribution in [0, 0.1) is 11.8 Å². The van der Waals surface area contributed by atoms with Crippen LogP contribution < -0.4 is 11.1 Å². The summed E-state index contributed by atoms with van der Waals surface area (Å²) in [6, 6.07) is 8.93. The number of anilines is 2. The molecule has 0 saturated carbocycles. The molecule has 4 aromatic rings. The highest BCUT2D eigenvalue weighted by Crippen LogP contribution is 2.53. The van der Waals surface area contributed by atoms with Crippen LogP contribution in [0.2, 0.25) is 0 Å². The number of hydrogen-bond donors (Lipinski definition) is 2. The third-order valence-electron chi connectivity index (χ3n) is 7.27. The standard InChI is InChI=1S/C27H24N8O2/c1-2-4-20(36)35-19-9-11-27(35,12-10-19)25-32-21(22-23(28)29-15-16-34(22)25)17-5-7-18(8-6-17)24(37)33-26-30-13-3-14-31-26/h3,5-8,13-16,19H,9-12H2,1H3,(H2,28,29)(H,30,31,33,37). The Morgan fingerprint density at radius 2 is 1.81 bits per heavy atom. The first-order valence-corrected chi connectivity index (χ1v) is 12.1. The van der Waals surface area contributed by atoms with Gasteiger partial charge in [0.05, 0.1) is 0 Å². The predicted molar refractivity (Wildman–Crippen MR) is 137 cm³/mol. The molecule has 37 heavy (non-hydrogen) atoms. The van der Waals surface area contributed by atoms with E-state index < -0.39 is 5.54 Å². The molecular weight excluding hydrogens is 468 g/mol. The minimum Gasteiger partial charge on any atom is -0.382 e. The first kappa shape index (κ1) is 22.7. The zero-order valence-corrected chi connectivity index (χ0v) is 20.2. The molecule has 2 amide bonds. The lowest BCUT2D eigenvalue weighted by atomic mass is 9.87. The van der Waals surface area contributed by atoms with E-state index in [1.807, 2.05) is 27.6 Å². The van der Waals surface area contributed by atoms with Gasteiger partial charge in [0.2, 0.25) is 5.95 Å². The normalized spacial score (nSPS) is 20.0. The molecular formula is C27H24N8O2. The Balaban J connectivity index is 1.41. The van der Waals surface area contributed by atoms with Gasteiger partial charge in [-0.1, -0.05) is 18.1 Å². The average Bonchev–Trinajstić information content (AvgIpc) is 3.60. The first-order chi connectivity index (χ1) is 18.0. The summed E-state index contributed by atoms with van der Waals surface area (Å²) in [7, 11) is 0. The second-order valence-corrected chi connectivity index (χ2v) is 9.23. The number of rotatable bonds is 4. The molecule has 3 aromatic heterocycles. The van der Waals surface area contributed by atoms with Crippen LogP contribution >= 0.6 is 0 Å². The lowest BCUT2D eigenvalue weighted by Gasteiger charge is -2.32. The number of carbonyl (C=O) groups is 2. The summed E-state index contributed by atoms with van der Waals surface area (Å²) in [6.45, 7) is 1.68. The molecule has 184 valence electrons. The quantitative estimate of drug-likeness (QED) is 0.419. The van der Waals surface area contributed by atoms with E-state index >= 15 is 0 Å². The molecule has 0 atom stereocenters. The number of fused-ring (bicyclic) bond motifs is 3. The number of aromatic nitrogens is 5. The Morgan fingerprint density at radius 1 is 1.08 bits per heavy atom. The summed E-state index contributed by atoms with van der Waals surface area (Å²) in [5, 5.41) is 2.68. The molecule has 5 heterocycles. The second kappa shape index (κ2) is 8.71. The van der Waals surface area contributed by atoms with Crippen LogP contribution in [0.15, 0.2) is 55.1 Å². The number of benzene rings is 1. The van der Waals surface area contributed by atoms with Crippen molar-refractivity contribution in [3.8, 4) is 23.1 Å². The Hall–Kier alpha value is -4.78. The zero-order chi connectivity index (χ0) is 25.6. The van der Waals surface area contributed by atoms with E-state index in [1.54, 1.807) is 43.7 Å². The van der Waals surface area contributed by atoms with Gasteiger partial charge in [-0.15, -0.1) is 0 Å². The average molecular weight is 493 g/mol. The maximum Gasteiger partial charge on any atom is 0.299 e. The molecule has 1 aromatic carbocycles. The highest BCUT2D eigenvalue weighted by atomic mass is 16.2. The molecule has 0 radical (unpaired) electrons. The number of amides is 2. The topological polar surface area (TPSA) is 131 Å². The molecule has 2 aliphatic rings. The van der Waals surface area contributed by atoms with Crippen molar-refractivity contribution in [2.24, 2.45) is 0 Å². The van der Waals surface area contributed by atoms with Gasteiger partial charge in [-0.3, -0.25) is 19.3 Å². The molecule has 2 aliphatic heterocycles. The van der Waals surface area contributed by atoms with Crippen molar-refractivity contribution >= 4 is 29.1 Å². The van der Waals surface area contributed by atoms with Crippen LogP contribution in [0.1, 0.15) is 48.8 Å². The SMILES string of the molecule is CC#CC(=O)N1C2CCC1(c1nc(-c3ccc(C(=O)Nc4ncccn4)cc3)c3c(N)nccn13)CC2. The fourth-order valence-electron chi connectivity index (χ4n) is 5.70. The molecule has 0 spiro atoms. The van der Waals surface area contributed by atoms with Gasteiger partial charge in [-0.2, -0.15) is 0 Å². The summed E-state index contributed by atoms with van der Waals surface area (Å²) >= 11 is 0. The Morgan fingerprint density at radius 3 is 2.51 bits per heavy atom. The van der Waals surface area contributed by atoms with Gasteiger partial charge < -0.3 is 10.6 Å². The fourth-order valence-corrected chi connectivity index (χ4v) is 5.70. The van der Waals surface area contributed by atoms with Gasteiger partial charge in [0, 0.05) is 42.0 Å². The summed E-state index contributed by atoms with van der Waals surface area (Å²) in [5.74, 6) is 6.34. The van der Waals surface area contributed by atoms with Crippen LogP contribution in [-0.2, 0) is 10.3 Å². The molecule has 10 heteroatoms. The van der Waals surface area contributed by atoms with Gasteiger partial charge >= 0.3 is 0 Å². The van der Waals surface area contributed by atoms with Crippen molar-refractivity contribution < 1.29 is 9.59 Å². The van der Waals surface area contributed by atoms with E-state index in [9.17, 15) is 9.59 Å². The smallest absolute Gasteiger partial charge is 0.299 e. The van der Waals surface area contributed by atoms with Gasteiger partial charge in [0.15, 0.2) is 0 Å². The number of nitrogens with two attached hydrogens (primary N) is 1. The van der Waals surface area contributed by atoms with Gasteiger partial charge in [-0.05, 0) is 56.7 Å². The monoisotopic (exact) mass is 492 g/mol. The Labute approximate surface area is 213 Å². The Kier molecular flexibility index (Phi) is 5.34. The third kappa shape index (κ3) is 3.59. The van der Waals surface area contributed by atoms with Crippen molar-refractivity contribution in [1.82, 2.24) is 29.2 Å².